The quantitative estimate of drug-likeness (QED) is 0.702. The molecule has 3 rings (SSSR count). The largest absolute Gasteiger partial charge is 0.459 e. The third-order valence-corrected chi connectivity index (χ3v) is 6.63. The zero-order valence-corrected chi connectivity index (χ0v) is 16.7. The Morgan fingerprint density at radius 3 is 2.55 bits per heavy atom. The standard InChI is InChI=1S/C20H23N3O5S/c1-2-19(24)21-15-5-3-12-23(13-11-15)29(26,27)17-9-7-16(8-10-17)22-20(25)18-6-4-14-28-18/h2,4,6-10,14-15H,1,3,5,11-13H2,(H,21,24)(H,22,25). The van der Waals surface area contributed by atoms with E-state index < -0.39 is 15.9 Å². The summed E-state index contributed by atoms with van der Waals surface area (Å²) in [4.78, 5) is 23.6. The van der Waals surface area contributed by atoms with Crippen LogP contribution in [0.5, 0.6) is 0 Å². The van der Waals surface area contributed by atoms with Gasteiger partial charge >= 0.3 is 0 Å². The van der Waals surface area contributed by atoms with Crippen LogP contribution in [0.25, 0.3) is 0 Å². The average molecular weight is 417 g/mol. The number of hydrogen-bond acceptors (Lipinski definition) is 5. The van der Waals surface area contributed by atoms with Crippen molar-refractivity contribution in [2.75, 3.05) is 18.4 Å². The van der Waals surface area contributed by atoms with E-state index in [4.69, 9.17) is 4.42 Å². The predicted octanol–water partition coefficient (Wildman–Crippen LogP) is 2.38. The Morgan fingerprint density at radius 2 is 1.90 bits per heavy atom. The first kappa shape index (κ1) is 20.8. The van der Waals surface area contributed by atoms with Gasteiger partial charge in [-0.25, -0.2) is 8.42 Å². The number of nitrogens with zero attached hydrogens (tertiary/aromatic N) is 1. The van der Waals surface area contributed by atoms with Gasteiger partial charge in [0.05, 0.1) is 11.2 Å². The number of furan rings is 1. The van der Waals surface area contributed by atoms with Crippen molar-refractivity contribution in [3.8, 4) is 0 Å². The molecule has 1 atom stereocenters. The third kappa shape index (κ3) is 5.12. The molecule has 2 heterocycles. The lowest BCUT2D eigenvalue weighted by atomic mass is 10.1. The summed E-state index contributed by atoms with van der Waals surface area (Å²) in [6.45, 7) is 4.14. The molecule has 0 spiro atoms. The summed E-state index contributed by atoms with van der Waals surface area (Å²) in [5.41, 5.74) is 0.466. The topological polar surface area (TPSA) is 109 Å². The van der Waals surface area contributed by atoms with Gasteiger partial charge in [-0.3, -0.25) is 9.59 Å². The smallest absolute Gasteiger partial charge is 0.291 e. The van der Waals surface area contributed by atoms with Crippen LogP contribution in [0.2, 0.25) is 0 Å². The number of sulfonamides is 1. The molecule has 2 amide bonds. The van der Waals surface area contributed by atoms with Gasteiger partial charge in [0.15, 0.2) is 5.76 Å². The van der Waals surface area contributed by atoms with E-state index in [9.17, 15) is 18.0 Å². The second kappa shape index (κ2) is 9.06. The fourth-order valence-electron chi connectivity index (χ4n) is 3.17. The van der Waals surface area contributed by atoms with E-state index in [0.29, 0.717) is 38.0 Å². The van der Waals surface area contributed by atoms with Crippen LogP contribution in [0.4, 0.5) is 5.69 Å². The molecular formula is C20H23N3O5S. The lowest BCUT2D eigenvalue weighted by Crippen LogP contribution is -2.36. The first-order valence-electron chi connectivity index (χ1n) is 9.28. The van der Waals surface area contributed by atoms with Crippen LogP contribution in [-0.4, -0.2) is 43.7 Å². The molecule has 0 radical (unpaired) electrons. The molecule has 1 aliphatic heterocycles. The van der Waals surface area contributed by atoms with Crippen molar-refractivity contribution >= 4 is 27.5 Å². The minimum atomic E-state index is -3.66. The van der Waals surface area contributed by atoms with Crippen molar-refractivity contribution in [3.63, 3.8) is 0 Å². The van der Waals surface area contributed by atoms with Crippen LogP contribution in [0.3, 0.4) is 0 Å². The van der Waals surface area contributed by atoms with E-state index in [1.807, 2.05) is 0 Å². The molecule has 0 saturated carbocycles. The van der Waals surface area contributed by atoms with Crippen molar-refractivity contribution in [2.24, 2.45) is 0 Å². The summed E-state index contributed by atoms with van der Waals surface area (Å²) in [6, 6.07) is 9.10. The minimum absolute atomic E-state index is 0.0695. The SMILES string of the molecule is C=CC(=O)NC1CCCN(S(=O)(=O)c2ccc(NC(=O)c3ccco3)cc2)CC1. The fraction of sp³-hybridized carbons (Fsp3) is 0.300. The maximum absolute atomic E-state index is 13.0. The number of carbonyl (C=O) groups is 2. The Kier molecular flexibility index (Phi) is 6.50. The molecule has 1 unspecified atom stereocenters. The Bertz CT molecular complexity index is 968. The van der Waals surface area contributed by atoms with Gasteiger partial charge in [0.1, 0.15) is 0 Å². The summed E-state index contributed by atoms with van der Waals surface area (Å²) >= 11 is 0. The Hall–Kier alpha value is -2.91. The minimum Gasteiger partial charge on any atom is -0.459 e. The van der Waals surface area contributed by atoms with Gasteiger partial charge in [0, 0.05) is 24.8 Å². The van der Waals surface area contributed by atoms with Gasteiger partial charge in [-0.05, 0) is 61.7 Å². The monoisotopic (exact) mass is 417 g/mol. The molecule has 9 heteroatoms. The molecule has 1 aliphatic rings. The molecule has 8 nitrogen and oxygen atoms in total. The normalized spacial score (nSPS) is 17.9. The number of benzene rings is 1. The van der Waals surface area contributed by atoms with E-state index in [0.717, 1.165) is 0 Å². The Balaban J connectivity index is 1.65. The number of rotatable bonds is 6. The summed E-state index contributed by atoms with van der Waals surface area (Å²) in [7, 11) is -3.66. The van der Waals surface area contributed by atoms with Gasteiger partial charge in [0.2, 0.25) is 15.9 Å². The second-order valence-electron chi connectivity index (χ2n) is 6.70. The van der Waals surface area contributed by atoms with Crippen molar-refractivity contribution in [1.82, 2.24) is 9.62 Å². The highest BCUT2D eigenvalue weighted by atomic mass is 32.2. The van der Waals surface area contributed by atoms with Gasteiger partial charge in [-0.1, -0.05) is 6.58 Å². The molecule has 1 saturated heterocycles. The highest BCUT2D eigenvalue weighted by Gasteiger charge is 2.28. The first-order valence-corrected chi connectivity index (χ1v) is 10.7. The lowest BCUT2D eigenvalue weighted by Gasteiger charge is -2.20. The van der Waals surface area contributed by atoms with Crippen molar-refractivity contribution in [1.29, 1.82) is 0 Å². The summed E-state index contributed by atoms with van der Waals surface area (Å²) in [6.07, 6.45) is 4.52. The van der Waals surface area contributed by atoms with E-state index in [-0.39, 0.29) is 22.6 Å². The zero-order chi connectivity index (χ0) is 20.9. The maximum atomic E-state index is 13.0. The summed E-state index contributed by atoms with van der Waals surface area (Å²) in [5, 5.41) is 5.48. The first-order chi connectivity index (χ1) is 13.9. The molecule has 154 valence electrons. The van der Waals surface area contributed by atoms with Crippen LogP contribution in [0.1, 0.15) is 29.8 Å². The third-order valence-electron chi connectivity index (χ3n) is 4.71. The van der Waals surface area contributed by atoms with Gasteiger partial charge in [0.25, 0.3) is 5.91 Å². The highest BCUT2D eigenvalue weighted by Crippen LogP contribution is 2.22. The van der Waals surface area contributed by atoms with E-state index >= 15 is 0 Å². The molecular weight excluding hydrogens is 394 g/mol. The maximum Gasteiger partial charge on any atom is 0.291 e. The van der Waals surface area contributed by atoms with Gasteiger partial charge in [-0.15, -0.1) is 0 Å². The van der Waals surface area contributed by atoms with Crippen LogP contribution in [-0.2, 0) is 14.8 Å². The number of amides is 2. The fourth-order valence-corrected chi connectivity index (χ4v) is 4.67. The Labute approximate surface area is 169 Å². The van der Waals surface area contributed by atoms with Crippen molar-refractivity contribution in [2.45, 2.75) is 30.2 Å². The molecule has 29 heavy (non-hydrogen) atoms. The van der Waals surface area contributed by atoms with Crippen LogP contribution in [0, 0.1) is 0 Å². The number of hydrogen-bond donors (Lipinski definition) is 2. The number of anilines is 1. The van der Waals surface area contributed by atoms with Gasteiger partial charge in [-0.2, -0.15) is 4.31 Å². The molecule has 2 aromatic rings. The van der Waals surface area contributed by atoms with Crippen LogP contribution >= 0.6 is 0 Å². The molecule has 1 aromatic heterocycles. The van der Waals surface area contributed by atoms with Crippen LogP contribution in [0.15, 0.2) is 64.6 Å². The molecule has 1 aromatic carbocycles. The molecule has 1 fully saturated rings. The number of carbonyl (C=O) groups excluding carboxylic acids is 2. The van der Waals surface area contributed by atoms with E-state index in [1.54, 1.807) is 18.2 Å². The number of nitrogens with one attached hydrogen (secondary N) is 2. The lowest BCUT2D eigenvalue weighted by molar-refractivity contribution is -0.117. The highest BCUT2D eigenvalue weighted by molar-refractivity contribution is 7.89. The van der Waals surface area contributed by atoms with Crippen LogP contribution < -0.4 is 10.6 Å². The van der Waals surface area contributed by atoms with Gasteiger partial charge < -0.3 is 15.1 Å². The van der Waals surface area contributed by atoms with E-state index in [1.165, 1.54) is 34.8 Å². The van der Waals surface area contributed by atoms with Crippen molar-refractivity contribution < 1.29 is 22.4 Å². The second-order valence-corrected chi connectivity index (χ2v) is 8.64. The summed E-state index contributed by atoms with van der Waals surface area (Å²) in [5.74, 6) is -0.492. The van der Waals surface area contributed by atoms with Crippen molar-refractivity contribution in [3.05, 3.63) is 61.1 Å². The molecule has 0 bridgehead atoms. The molecule has 0 aliphatic carbocycles. The summed E-state index contributed by atoms with van der Waals surface area (Å²) < 4.78 is 32.4. The predicted molar refractivity (Wildman–Crippen MR) is 108 cm³/mol. The molecule has 2 N–H and O–H groups in total. The Morgan fingerprint density at radius 1 is 1.14 bits per heavy atom. The van der Waals surface area contributed by atoms with E-state index in [2.05, 4.69) is 17.2 Å². The zero-order valence-electron chi connectivity index (χ0n) is 15.8. The average Bonchev–Trinajstić information content (AvgIpc) is 3.15.